The number of nitrogens with one attached hydrogen (secondary N) is 2. The maximum Gasteiger partial charge on any atom is 0.226 e. The highest BCUT2D eigenvalue weighted by molar-refractivity contribution is 5.92. The van der Waals surface area contributed by atoms with E-state index < -0.39 is 0 Å². The van der Waals surface area contributed by atoms with Crippen LogP contribution in [0.4, 0.5) is 11.8 Å². The molecule has 0 unspecified atom stereocenters. The quantitative estimate of drug-likeness (QED) is 0.585. The number of carbonyl (C=O) groups is 1. The lowest BCUT2D eigenvalue weighted by Crippen LogP contribution is -2.30. The van der Waals surface area contributed by atoms with E-state index in [1.165, 1.54) is 12.5 Å². The predicted molar refractivity (Wildman–Crippen MR) is 111 cm³/mol. The summed E-state index contributed by atoms with van der Waals surface area (Å²) in [5.41, 5.74) is 3.03. The van der Waals surface area contributed by atoms with Crippen LogP contribution in [0.3, 0.4) is 0 Å². The first-order valence-corrected chi connectivity index (χ1v) is 9.65. The number of aromatic nitrogens is 4. The molecule has 0 radical (unpaired) electrons. The zero-order valence-electron chi connectivity index (χ0n) is 16.9. The molecule has 0 saturated heterocycles. The summed E-state index contributed by atoms with van der Waals surface area (Å²) in [7, 11) is 3.57. The second-order valence-corrected chi connectivity index (χ2v) is 7.07. The van der Waals surface area contributed by atoms with Crippen LogP contribution in [0.15, 0.2) is 24.3 Å². The van der Waals surface area contributed by atoms with Crippen molar-refractivity contribution in [3.8, 4) is 5.75 Å². The SMILES string of the molecule is COc1ccc(CN2CCc3nn(C)c4nc(NCCNC(C)=O)nc2c34)cc1. The van der Waals surface area contributed by atoms with Gasteiger partial charge in [0.1, 0.15) is 11.6 Å². The molecule has 0 spiro atoms. The molecule has 3 heterocycles. The Labute approximate surface area is 169 Å². The molecule has 0 saturated carbocycles. The average molecular weight is 395 g/mol. The normalized spacial score (nSPS) is 12.9. The fraction of sp³-hybridized carbons (Fsp3) is 0.400. The number of benzene rings is 1. The summed E-state index contributed by atoms with van der Waals surface area (Å²) in [4.78, 5) is 22.7. The van der Waals surface area contributed by atoms with Gasteiger partial charge in [-0.2, -0.15) is 15.1 Å². The molecular formula is C20H25N7O2. The van der Waals surface area contributed by atoms with Gasteiger partial charge >= 0.3 is 0 Å². The first-order chi connectivity index (χ1) is 14.0. The minimum Gasteiger partial charge on any atom is -0.497 e. The summed E-state index contributed by atoms with van der Waals surface area (Å²) < 4.78 is 7.06. The summed E-state index contributed by atoms with van der Waals surface area (Å²) >= 11 is 0. The third-order valence-electron chi connectivity index (χ3n) is 4.97. The lowest BCUT2D eigenvalue weighted by molar-refractivity contribution is -0.118. The maximum absolute atomic E-state index is 11.0. The van der Waals surface area contributed by atoms with Crippen LogP contribution in [-0.2, 0) is 24.8 Å². The molecule has 2 aromatic heterocycles. The Morgan fingerprint density at radius 1 is 1.21 bits per heavy atom. The van der Waals surface area contributed by atoms with E-state index in [0.29, 0.717) is 19.0 Å². The molecule has 4 rings (SSSR count). The maximum atomic E-state index is 11.0. The molecule has 1 aliphatic rings. The summed E-state index contributed by atoms with van der Waals surface area (Å²) in [6.07, 6.45) is 0.860. The van der Waals surface area contributed by atoms with Crippen molar-refractivity contribution in [3.63, 3.8) is 0 Å². The Bertz CT molecular complexity index is 1030. The fourth-order valence-electron chi connectivity index (χ4n) is 3.56. The van der Waals surface area contributed by atoms with Crippen LogP contribution >= 0.6 is 0 Å². The molecular weight excluding hydrogens is 370 g/mol. The Hall–Kier alpha value is -3.36. The van der Waals surface area contributed by atoms with Crippen LogP contribution in [0.25, 0.3) is 11.0 Å². The molecule has 152 valence electrons. The summed E-state index contributed by atoms with van der Waals surface area (Å²) in [6, 6.07) is 8.09. The van der Waals surface area contributed by atoms with Crippen LogP contribution in [0.2, 0.25) is 0 Å². The molecule has 2 N–H and O–H groups in total. The number of anilines is 2. The smallest absolute Gasteiger partial charge is 0.226 e. The third kappa shape index (κ3) is 3.94. The number of carbonyl (C=O) groups excluding carboxylic acids is 1. The number of amides is 1. The number of ether oxygens (including phenoxy) is 1. The minimum absolute atomic E-state index is 0.0554. The van der Waals surface area contributed by atoms with Crippen molar-refractivity contribution in [1.82, 2.24) is 25.1 Å². The number of hydrogen-bond acceptors (Lipinski definition) is 7. The Balaban J connectivity index is 1.61. The largest absolute Gasteiger partial charge is 0.497 e. The van der Waals surface area contributed by atoms with Crippen LogP contribution in [-0.4, -0.2) is 52.4 Å². The van der Waals surface area contributed by atoms with E-state index >= 15 is 0 Å². The highest BCUT2D eigenvalue weighted by atomic mass is 16.5. The third-order valence-corrected chi connectivity index (χ3v) is 4.97. The van der Waals surface area contributed by atoms with Crippen molar-refractivity contribution in [2.45, 2.75) is 19.9 Å². The molecule has 1 amide bonds. The Kier molecular flexibility index (Phi) is 5.20. The monoisotopic (exact) mass is 395 g/mol. The number of methoxy groups -OCH3 is 1. The number of hydrogen-bond donors (Lipinski definition) is 2. The van der Waals surface area contributed by atoms with Gasteiger partial charge in [0.05, 0.1) is 18.2 Å². The molecule has 9 nitrogen and oxygen atoms in total. The van der Waals surface area contributed by atoms with Gasteiger partial charge in [-0.15, -0.1) is 0 Å². The van der Waals surface area contributed by atoms with Gasteiger partial charge < -0.3 is 20.3 Å². The molecule has 9 heteroatoms. The van der Waals surface area contributed by atoms with Crippen LogP contribution in [0.5, 0.6) is 5.75 Å². The van der Waals surface area contributed by atoms with Gasteiger partial charge in [0.15, 0.2) is 5.65 Å². The summed E-state index contributed by atoms with van der Waals surface area (Å²) in [5.74, 6) is 2.22. The van der Waals surface area contributed by atoms with Gasteiger partial charge in [-0.25, -0.2) is 4.68 Å². The van der Waals surface area contributed by atoms with Crippen LogP contribution < -0.4 is 20.3 Å². The van der Waals surface area contributed by atoms with E-state index in [0.717, 1.165) is 47.8 Å². The molecule has 29 heavy (non-hydrogen) atoms. The molecule has 0 bridgehead atoms. The number of aryl methyl sites for hydroxylation is 1. The lowest BCUT2D eigenvalue weighted by Gasteiger charge is -2.28. The van der Waals surface area contributed by atoms with Gasteiger partial charge in [-0.3, -0.25) is 4.79 Å². The van der Waals surface area contributed by atoms with Crippen molar-refractivity contribution < 1.29 is 9.53 Å². The molecule has 1 aromatic carbocycles. The molecule has 0 atom stereocenters. The topological polar surface area (TPSA) is 97.2 Å². The second-order valence-electron chi connectivity index (χ2n) is 7.07. The zero-order valence-corrected chi connectivity index (χ0v) is 16.9. The standard InChI is InChI=1S/C20H25N7O2/c1-13(28)21-9-10-22-20-23-18-17-16(25-26(18)2)8-11-27(19(17)24-20)12-14-4-6-15(29-3)7-5-14/h4-7H,8-12H2,1-3H3,(H,21,28)(H,22,23,24). The first-order valence-electron chi connectivity index (χ1n) is 9.65. The van der Waals surface area contributed by atoms with E-state index in [9.17, 15) is 4.79 Å². The van der Waals surface area contributed by atoms with Gasteiger partial charge in [0.25, 0.3) is 0 Å². The van der Waals surface area contributed by atoms with Crippen molar-refractivity contribution in [2.75, 3.05) is 37.0 Å². The summed E-state index contributed by atoms with van der Waals surface area (Å²) in [6.45, 7) is 4.15. The van der Waals surface area contributed by atoms with Crippen molar-refractivity contribution in [3.05, 3.63) is 35.5 Å². The molecule has 1 aliphatic heterocycles. The lowest BCUT2D eigenvalue weighted by atomic mass is 10.1. The van der Waals surface area contributed by atoms with Crippen LogP contribution in [0, 0.1) is 0 Å². The predicted octanol–water partition coefficient (Wildman–Crippen LogP) is 1.48. The summed E-state index contributed by atoms with van der Waals surface area (Å²) in [5, 5.41) is 11.6. The van der Waals surface area contributed by atoms with Gasteiger partial charge in [-0.1, -0.05) is 12.1 Å². The number of nitrogens with zero attached hydrogens (tertiary/aromatic N) is 5. The van der Waals surface area contributed by atoms with Crippen molar-refractivity contribution >= 4 is 28.7 Å². The molecule has 0 aliphatic carbocycles. The number of rotatable bonds is 7. The van der Waals surface area contributed by atoms with Crippen molar-refractivity contribution in [1.29, 1.82) is 0 Å². The van der Waals surface area contributed by atoms with E-state index in [1.807, 2.05) is 23.9 Å². The van der Waals surface area contributed by atoms with Gasteiger partial charge in [0, 0.05) is 46.6 Å². The van der Waals surface area contributed by atoms with Gasteiger partial charge in [0.2, 0.25) is 11.9 Å². The Morgan fingerprint density at radius 2 is 2.00 bits per heavy atom. The van der Waals surface area contributed by atoms with E-state index in [-0.39, 0.29) is 5.91 Å². The van der Waals surface area contributed by atoms with E-state index in [2.05, 4.69) is 37.7 Å². The molecule has 0 fully saturated rings. The Morgan fingerprint density at radius 3 is 2.72 bits per heavy atom. The highest BCUT2D eigenvalue weighted by Gasteiger charge is 2.26. The minimum atomic E-state index is -0.0554. The van der Waals surface area contributed by atoms with E-state index in [4.69, 9.17) is 9.72 Å². The second kappa shape index (κ2) is 7.94. The fourth-order valence-corrected chi connectivity index (χ4v) is 3.56. The highest BCUT2D eigenvalue weighted by Crippen LogP contribution is 2.33. The molecule has 3 aromatic rings. The van der Waals surface area contributed by atoms with Gasteiger partial charge in [-0.05, 0) is 17.7 Å². The van der Waals surface area contributed by atoms with Crippen molar-refractivity contribution in [2.24, 2.45) is 7.05 Å². The average Bonchev–Trinajstić information content (AvgIpc) is 3.04. The van der Waals surface area contributed by atoms with E-state index in [1.54, 1.807) is 7.11 Å². The van der Waals surface area contributed by atoms with Crippen LogP contribution in [0.1, 0.15) is 18.2 Å². The first kappa shape index (κ1) is 19.0. The zero-order chi connectivity index (χ0) is 20.4.